The third-order valence-corrected chi connectivity index (χ3v) is 4.87. The van der Waals surface area contributed by atoms with Gasteiger partial charge in [0.05, 0.1) is 5.02 Å². The van der Waals surface area contributed by atoms with Crippen LogP contribution in [-0.2, 0) is 0 Å². The lowest BCUT2D eigenvalue weighted by atomic mass is 9.86. The molecule has 0 saturated carbocycles. The van der Waals surface area contributed by atoms with Gasteiger partial charge < -0.3 is 0 Å². The first-order valence-electron chi connectivity index (χ1n) is 7.77. The molecule has 0 radical (unpaired) electrons. The van der Waals surface area contributed by atoms with Crippen LogP contribution in [0.1, 0.15) is 32.3 Å². The summed E-state index contributed by atoms with van der Waals surface area (Å²) in [7, 11) is 0. The molecule has 0 N–H and O–H groups in total. The van der Waals surface area contributed by atoms with Gasteiger partial charge in [0.1, 0.15) is 0 Å². The molecule has 0 spiro atoms. The van der Waals surface area contributed by atoms with Crippen molar-refractivity contribution in [2.24, 2.45) is 5.41 Å². The number of hydrogen-bond acceptors (Lipinski definition) is 1. The Morgan fingerprint density at radius 3 is 2.58 bits per heavy atom. The van der Waals surface area contributed by atoms with E-state index in [1.807, 2.05) is 6.07 Å². The van der Waals surface area contributed by atoms with Crippen LogP contribution < -0.4 is 0 Å². The molecule has 0 fully saturated rings. The summed E-state index contributed by atoms with van der Waals surface area (Å²) >= 11 is 13.9. The molecular weight excluding hydrogens is 355 g/mol. The van der Waals surface area contributed by atoms with E-state index < -0.39 is 0 Å². The van der Waals surface area contributed by atoms with Crippen LogP contribution >= 0.6 is 35.0 Å². The Morgan fingerprint density at radius 2 is 1.83 bits per heavy atom. The van der Waals surface area contributed by atoms with Crippen molar-refractivity contribution in [2.45, 2.75) is 31.6 Å². The number of halogens is 2. The molecule has 2 aromatic carbocycles. The minimum absolute atomic E-state index is 0.117. The van der Waals surface area contributed by atoms with Gasteiger partial charge in [-0.1, -0.05) is 84.9 Å². The van der Waals surface area contributed by atoms with E-state index in [1.165, 1.54) is 4.90 Å². The van der Waals surface area contributed by atoms with E-state index in [9.17, 15) is 0 Å². The average Bonchev–Trinajstić information content (AvgIpc) is 2.56. The monoisotopic (exact) mass is 374 g/mol. The SMILES string of the molecule is CC(C)(CC#Cc1cc(Cl)ccc1Cl)CC=CSc1ccccc1. The fourth-order valence-electron chi connectivity index (χ4n) is 2.04. The van der Waals surface area contributed by atoms with Crippen LogP contribution in [0.3, 0.4) is 0 Å². The van der Waals surface area contributed by atoms with E-state index in [0.717, 1.165) is 18.4 Å². The van der Waals surface area contributed by atoms with Gasteiger partial charge in [0, 0.05) is 21.9 Å². The fourth-order valence-corrected chi connectivity index (χ4v) is 3.04. The van der Waals surface area contributed by atoms with E-state index >= 15 is 0 Å². The maximum Gasteiger partial charge on any atom is 0.0563 e. The molecular formula is C21H20Cl2S. The number of allylic oxidation sites excluding steroid dienone is 1. The zero-order valence-corrected chi connectivity index (χ0v) is 16.2. The molecule has 0 atom stereocenters. The van der Waals surface area contributed by atoms with Crippen LogP contribution in [0.4, 0.5) is 0 Å². The first-order chi connectivity index (χ1) is 11.5. The molecule has 0 aliphatic carbocycles. The number of hydrogen-bond donors (Lipinski definition) is 0. The van der Waals surface area contributed by atoms with Crippen molar-refractivity contribution in [2.75, 3.05) is 0 Å². The number of benzene rings is 2. The van der Waals surface area contributed by atoms with Gasteiger partial charge >= 0.3 is 0 Å². The van der Waals surface area contributed by atoms with Crippen molar-refractivity contribution in [3.63, 3.8) is 0 Å². The first kappa shape index (κ1) is 19.0. The lowest BCUT2D eigenvalue weighted by Gasteiger charge is -2.19. The van der Waals surface area contributed by atoms with Crippen LogP contribution in [0.25, 0.3) is 0 Å². The summed E-state index contributed by atoms with van der Waals surface area (Å²) in [6.07, 6.45) is 3.99. The largest absolute Gasteiger partial charge is 0.0984 e. The average molecular weight is 375 g/mol. The number of thioether (sulfide) groups is 1. The summed E-state index contributed by atoms with van der Waals surface area (Å²) in [6.45, 7) is 4.44. The number of rotatable bonds is 5. The molecule has 2 aromatic rings. The molecule has 0 nitrogen and oxygen atoms in total. The van der Waals surface area contributed by atoms with Gasteiger partial charge in [-0.2, -0.15) is 0 Å². The predicted molar refractivity (Wildman–Crippen MR) is 108 cm³/mol. The Balaban J connectivity index is 1.87. The molecule has 124 valence electrons. The van der Waals surface area contributed by atoms with Gasteiger partial charge in [-0.15, -0.1) is 0 Å². The summed E-state index contributed by atoms with van der Waals surface area (Å²) in [5.74, 6) is 6.37. The lowest BCUT2D eigenvalue weighted by molar-refractivity contribution is 0.383. The van der Waals surface area contributed by atoms with Gasteiger partial charge in [0.25, 0.3) is 0 Å². The van der Waals surface area contributed by atoms with Crippen LogP contribution in [0.15, 0.2) is 64.9 Å². The Labute approximate surface area is 159 Å². The van der Waals surface area contributed by atoms with Crippen LogP contribution in [0.5, 0.6) is 0 Å². The van der Waals surface area contributed by atoms with Crippen LogP contribution in [-0.4, -0.2) is 0 Å². The van der Waals surface area contributed by atoms with Crippen molar-refractivity contribution in [3.05, 3.63) is 75.6 Å². The Bertz CT molecular complexity index is 752. The maximum atomic E-state index is 6.13. The molecule has 0 aromatic heterocycles. The molecule has 24 heavy (non-hydrogen) atoms. The zero-order valence-electron chi connectivity index (χ0n) is 13.9. The summed E-state index contributed by atoms with van der Waals surface area (Å²) in [6, 6.07) is 15.7. The van der Waals surface area contributed by atoms with E-state index in [2.05, 4.69) is 61.4 Å². The molecule has 0 bridgehead atoms. The highest BCUT2D eigenvalue weighted by atomic mass is 35.5. The van der Waals surface area contributed by atoms with E-state index in [0.29, 0.717) is 10.0 Å². The normalized spacial score (nSPS) is 11.3. The van der Waals surface area contributed by atoms with Crippen LogP contribution in [0.2, 0.25) is 10.0 Å². The second-order valence-electron chi connectivity index (χ2n) is 6.27. The molecule has 0 unspecified atom stereocenters. The van der Waals surface area contributed by atoms with Crippen molar-refractivity contribution in [1.29, 1.82) is 0 Å². The molecule has 0 saturated heterocycles. The van der Waals surface area contributed by atoms with E-state index in [1.54, 1.807) is 30.0 Å². The molecule has 0 aliphatic heterocycles. The molecule has 0 heterocycles. The van der Waals surface area contributed by atoms with E-state index in [4.69, 9.17) is 23.2 Å². The molecule has 0 aliphatic rings. The summed E-state index contributed by atoms with van der Waals surface area (Å²) in [5.41, 5.74) is 0.904. The third kappa shape index (κ3) is 6.65. The second kappa shape index (κ2) is 9.23. The fraction of sp³-hybridized carbons (Fsp3) is 0.238. The Morgan fingerprint density at radius 1 is 1.08 bits per heavy atom. The summed E-state index contributed by atoms with van der Waals surface area (Å²) in [5, 5.41) is 3.45. The maximum absolute atomic E-state index is 6.13. The van der Waals surface area contributed by atoms with Gasteiger partial charge in [-0.05, 0) is 47.6 Å². The van der Waals surface area contributed by atoms with Gasteiger partial charge in [-0.3, -0.25) is 0 Å². The molecule has 2 rings (SSSR count). The van der Waals surface area contributed by atoms with Crippen molar-refractivity contribution in [1.82, 2.24) is 0 Å². The molecule has 0 amide bonds. The van der Waals surface area contributed by atoms with Gasteiger partial charge in [-0.25, -0.2) is 0 Å². The highest BCUT2D eigenvalue weighted by Gasteiger charge is 2.14. The van der Waals surface area contributed by atoms with Crippen LogP contribution in [0, 0.1) is 17.3 Å². The first-order valence-corrected chi connectivity index (χ1v) is 9.40. The minimum Gasteiger partial charge on any atom is -0.0984 e. The minimum atomic E-state index is 0.117. The lowest BCUT2D eigenvalue weighted by Crippen LogP contribution is -2.08. The quantitative estimate of drug-likeness (QED) is 0.386. The smallest absolute Gasteiger partial charge is 0.0563 e. The summed E-state index contributed by atoms with van der Waals surface area (Å²) in [4.78, 5) is 1.25. The van der Waals surface area contributed by atoms with Gasteiger partial charge in [0.15, 0.2) is 0 Å². The second-order valence-corrected chi connectivity index (χ2v) is 8.10. The topological polar surface area (TPSA) is 0 Å². The third-order valence-electron chi connectivity index (χ3n) is 3.43. The van der Waals surface area contributed by atoms with Crippen molar-refractivity contribution in [3.8, 4) is 11.8 Å². The van der Waals surface area contributed by atoms with Gasteiger partial charge in [0.2, 0.25) is 0 Å². The standard InChI is InChI=1S/C21H20Cl2S/c1-21(2,14-7-15-24-19-9-4-3-5-10-19)13-6-8-17-16-18(22)11-12-20(17)23/h3-5,7,9-12,15-16H,13-14H2,1-2H3. The predicted octanol–water partition coefficient (Wildman–Crippen LogP) is 7.46. The van der Waals surface area contributed by atoms with Crippen molar-refractivity contribution < 1.29 is 0 Å². The zero-order chi connectivity index (χ0) is 17.4. The Hall–Kier alpha value is -1.33. The Kier molecular flexibility index (Phi) is 7.31. The summed E-state index contributed by atoms with van der Waals surface area (Å²) < 4.78 is 0. The molecule has 3 heteroatoms. The highest BCUT2D eigenvalue weighted by molar-refractivity contribution is 8.02. The van der Waals surface area contributed by atoms with E-state index in [-0.39, 0.29) is 5.41 Å². The highest BCUT2D eigenvalue weighted by Crippen LogP contribution is 2.27. The van der Waals surface area contributed by atoms with Crippen molar-refractivity contribution >= 4 is 35.0 Å².